The van der Waals surface area contributed by atoms with Crippen LogP contribution in [0.15, 0.2) is 28.7 Å². The molecule has 0 saturated heterocycles. The van der Waals surface area contributed by atoms with Crippen LogP contribution < -0.4 is 5.32 Å². The fourth-order valence-electron chi connectivity index (χ4n) is 1.28. The van der Waals surface area contributed by atoms with Crippen molar-refractivity contribution in [3.8, 4) is 0 Å². The van der Waals surface area contributed by atoms with Gasteiger partial charge in [-0.2, -0.15) is 0 Å². The minimum atomic E-state index is -0.264. The second-order valence-corrected chi connectivity index (χ2v) is 4.27. The van der Waals surface area contributed by atoms with Crippen molar-refractivity contribution >= 4 is 27.8 Å². The van der Waals surface area contributed by atoms with Crippen molar-refractivity contribution < 1.29 is 14.3 Å². The van der Waals surface area contributed by atoms with E-state index < -0.39 is 0 Å². The molecule has 0 radical (unpaired) electrons. The van der Waals surface area contributed by atoms with E-state index in [0.717, 1.165) is 4.47 Å². The van der Waals surface area contributed by atoms with Gasteiger partial charge in [-0.25, -0.2) is 0 Å². The SMILES string of the molecule is COC(=O)CCCNC(=O)c1ccccc1Br. The number of nitrogens with one attached hydrogen (secondary N) is 1. The predicted octanol–water partition coefficient (Wildman–Crippen LogP) is 2.13. The van der Waals surface area contributed by atoms with Gasteiger partial charge < -0.3 is 10.1 Å². The van der Waals surface area contributed by atoms with Crippen LogP contribution in [0.25, 0.3) is 0 Å². The van der Waals surface area contributed by atoms with Crippen molar-refractivity contribution in [3.05, 3.63) is 34.3 Å². The lowest BCUT2D eigenvalue weighted by atomic mass is 10.2. The number of methoxy groups -OCH3 is 1. The summed E-state index contributed by atoms with van der Waals surface area (Å²) >= 11 is 3.31. The molecule has 0 saturated carbocycles. The molecule has 0 heterocycles. The van der Waals surface area contributed by atoms with Gasteiger partial charge in [0.1, 0.15) is 0 Å². The van der Waals surface area contributed by atoms with Crippen LogP contribution in [0, 0.1) is 0 Å². The highest BCUT2D eigenvalue weighted by atomic mass is 79.9. The summed E-state index contributed by atoms with van der Waals surface area (Å²) in [5.41, 5.74) is 0.588. The number of benzene rings is 1. The Bertz CT molecular complexity index is 406. The van der Waals surface area contributed by atoms with Gasteiger partial charge in [0.2, 0.25) is 0 Å². The van der Waals surface area contributed by atoms with Crippen molar-refractivity contribution in [2.24, 2.45) is 0 Å². The van der Waals surface area contributed by atoms with Crippen LogP contribution in [0.3, 0.4) is 0 Å². The van der Waals surface area contributed by atoms with E-state index in [1.165, 1.54) is 7.11 Å². The van der Waals surface area contributed by atoms with Crippen LogP contribution in [0.1, 0.15) is 23.2 Å². The highest BCUT2D eigenvalue weighted by Gasteiger charge is 2.08. The maximum atomic E-state index is 11.7. The normalized spacial score (nSPS) is 9.76. The molecule has 0 atom stereocenters. The van der Waals surface area contributed by atoms with E-state index in [-0.39, 0.29) is 11.9 Å². The Morgan fingerprint density at radius 2 is 2.06 bits per heavy atom. The smallest absolute Gasteiger partial charge is 0.305 e. The molecule has 0 bridgehead atoms. The zero-order valence-electron chi connectivity index (χ0n) is 9.53. The fraction of sp³-hybridized carbons (Fsp3) is 0.333. The second-order valence-electron chi connectivity index (χ2n) is 3.42. The largest absolute Gasteiger partial charge is 0.469 e. The predicted molar refractivity (Wildman–Crippen MR) is 67.7 cm³/mol. The zero-order chi connectivity index (χ0) is 12.7. The maximum Gasteiger partial charge on any atom is 0.305 e. The fourth-order valence-corrected chi connectivity index (χ4v) is 1.74. The maximum absolute atomic E-state index is 11.7. The molecule has 17 heavy (non-hydrogen) atoms. The molecule has 0 aliphatic heterocycles. The molecule has 1 amide bonds. The highest BCUT2D eigenvalue weighted by Crippen LogP contribution is 2.15. The Hall–Kier alpha value is -1.36. The van der Waals surface area contributed by atoms with Gasteiger partial charge in [-0.05, 0) is 34.5 Å². The van der Waals surface area contributed by atoms with Crippen LogP contribution in [0.5, 0.6) is 0 Å². The lowest BCUT2D eigenvalue weighted by Gasteiger charge is -2.06. The second kappa shape index (κ2) is 7.06. The van der Waals surface area contributed by atoms with Crippen molar-refractivity contribution in [2.45, 2.75) is 12.8 Å². The summed E-state index contributed by atoms with van der Waals surface area (Å²) in [6, 6.07) is 7.19. The molecule has 1 aromatic rings. The number of amides is 1. The number of halogens is 1. The first-order valence-electron chi connectivity index (χ1n) is 5.24. The molecule has 92 valence electrons. The van der Waals surface area contributed by atoms with E-state index in [2.05, 4.69) is 26.0 Å². The Morgan fingerprint density at radius 1 is 1.35 bits per heavy atom. The highest BCUT2D eigenvalue weighted by molar-refractivity contribution is 9.10. The molecule has 0 fully saturated rings. The number of hydrogen-bond donors (Lipinski definition) is 1. The first-order chi connectivity index (χ1) is 8.15. The number of esters is 1. The number of carbonyl (C=O) groups is 2. The van der Waals surface area contributed by atoms with Crippen LogP contribution >= 0.6 is 15.9 Å². The standard InChI is InChI=1S/C12H14BrNO3/c1-17-11(15)7-4-8-14-12(16)9-5-2-3-6-10(9)13/h2-3,5-6H,4,7-8H2,1H3,(H,14,16). The average molecular weight is 300 g/mol. The van der Waals surface area contributed by atoms with Crippen LogP contribution in [0.2, 0.25) is 0 Å². The summed E-state index contributed by atoms with van der Waals surface area (Å²) in [5, 5.41) is 2.74. The van der Waals surface area contributed by atoms with Gasteiger partial charge in [-0.1, -0.05) is 12.1 Å². The summed E-state index contributed by atoms with van der Waals surface area (Å²) < 4.78 is 5.26. The van der Waals surface area contributed by atoms with Gasteiger partial charge in [0, 0.05) is 17.4 Å². The van der Waals surface area contributed by atoms with Crippen molar-refractivity contribution in [2.75, 3.05) is 13.7 Å². The summed E-state index contributed by atoms with van der Waals surface area (Å²) in [4.78, 5) is 22.6. The Balaban J connectivity index is 2.36. The van der Waals surface area contributed by atoms with Crippen LogP contribution in [-0.4, -0.2) is 25.5 Å². The van der Waals surface area contributed by atoms with E-state index in [1.54, 1.807) is 12.1 Å². The first kappa shape index (κ1) is 13.7. The van der Waals surface area contributed by atoms with Crippen LogP contribution in [-0.2, 0) is 9.53 Å². The summed E-state index contributed by atoms with van der Waals surface area (Å²) in [5.74, 6) is -0.414. The van der Waals surface area contributed by atoms with Crippen LogP contribution in [0.4, 0.5) is 0 Å². The first-order valence-corrected chi connectivity index (χ1v) is 6.04. The molecule has 0 unspecified atom stereocenters. The molecule has 0 aromatic heterocycles. The molecular formula is C12H14BrNO3. The minimum Gasteiger partial charge on any atom is -0.469 e. The van der Waals surface area contributed by atoms with E-state index in [4.69, 9.17) is 0 Å². The number of rotatable bonds is 5. The van der Waals surface area contributed by atoms with E-state index in [9.17, 15) is 9.59 Å². The molecule has 5 heteroatoms. The monoisotopic (exact) mass is 299 g/mol. The molecule has 1 aromatic carbocycles. The quantitative estimate of drug-likeness (QED) is 0.669. The van der Waals surface area contributed by atoms with Gasteiger partial charge in [0.25, 0.3) is 5.91 Å². The molecule has 4 nitrogen and oxygen atoms in total. The summed E-state index contributed by atoms with van der Waals surface area (Å²) in [7, 11) is 1.35. The Labute approximate surface area is 108 Å². The van der Waals surface area contributed by atoms with E-state index in [0.29, 0.717) is 24.9 Å². The lowest BCUT2D eigenvalue weighted by molar-refractivity contribution is -0.140. The van der Waals surface area contributed by atoms with Gasteiger partial charge in [0.05, 0.1) is 12.7 Å². The third-order valence-corrected chi connectivity index (χ3v) is 2.88. The van der Waals surface area contributed by atoms with Gasteiger partial charge in [-0.15, -0.1) is 0 Å². The summed E-state index contributed by atoms with van der Waals surface area (Å²) in [6.07, 6.45) is 0.885. The molecule has 1 N–H and O–H groups in total. The minimum absolute atomic E-state index is 0.151. The molecular weight excluding hydrogens is 286 g/mol. The van der Waals surface area contributed by atoms with E-state index in [1.807, 2.05) is 12.1 Å². The Kier molecular flexibility index (Phi) is 5.69. The third kappa shape index (κ3) is 4.56. The molecule has 0 aliphatic carbocycles. The van der Waals surface area contributed by atoms with Gasteiger partial charge >= 0.3 is 5.97 Å². The number of carbonyl (C=O) groups excluding carboxylic acids is 2. The van der Waals surface area contributed by atoms with Crippen molar-refractivity contribution in [3.63, 3.8) is 0 Å². The summed E-state index contributed by atoms with van der Waals surface area (Å²) in [6.45, 7) is 0.454. The molecule has 1 rings (SSSR count). The van der Waals surface area contributed by atoms with Gasteiger partial charge in [-0.3, -0.25) is 9.59 Å². The molecule has 0 aliphatic rings. The van der Waals surface area contributed by atoms with E-state index >= 15 is 0 Å². The zero-order valence-corrected chi connectivity index (χ0v) is 11.1. The lowest BCUT2D eigenvalue weighted by Crippen LogP contribution is -2.25. The van der Waals surface area contributed by atoms with Crippen molar-refractivity contribution in [1.82, 2.24) is 5.32 Å². The third-order valence-electron chi connectivity index (χ3n) is 2.19. The molecule has 0 spiro atoms. The number of ether oxygens (including phenoxy) is 1. The average Bonchev–Trinajstić information content (AvgIpc) is 2.34. The topological polar surface area (TPSA) is 55.4 Å². The Morgan fingerprint density at radius 3 is 2.71 bits per heavy atom. The number of hydrogen-bond acceptors (Lipinski definition) is 3. The van der Waals surface area contributed by atoms with Gasteiger partial charge in [0.15, 0.2) is 0 Å². The van der Waals surface area contributed by atoms with Crippen molar-refractivity contribution in [1.29, 1.82) is 0 Å².